The van der Waals surface area contributed by atoms with Crippen LogP contribution in [0.4, 0.5) is 0 Å². The molecule has 0 bridgehead atoms. The van der Waals surface area contributed by atoms with Gasteiger partial charge in [-0.1, -0.05) is 26.0 Å². The van der Waals surface area contributed by atoms with Crippen LogP contribution in [-0.4, -0.2) is 32.2 Å². The van der Waals surface area contributed by atoms with Gasteiger partial charge in [-0.05, 0) is 38.3 Å². The molecule has 2 rings (SSSR count). The summed E-state index contributed by atoms with van der Waals surface area (Å²) < 4.78 is 26.7. The average molecular weight is 337 g/mol. The largest absolute Gasteiger partial charge is 0.352 e. The van der Waals surface area contributed by atoms with Crippen molar-refractivity contribution in [2.75, 3.05) is 0 Å². The smallest absolute Gasteiger partial charge is 0.263 e. The maximum absolute atomic E-state index is 12.4. The van der Waals surface area contributed by atoms with Gasteiger partial charge in [0.25, 0.3) is 10.0 Å². The van der Waals surface area contributed by atoms with Gasteiger partial charge in [0, 0.05) is 11.6 Å². The van der Waals surface area contributed by atoms with Crippen LogP contribution in [0.1, 0.15) is 39.7 Å². The number of aliphatic imine (C=N–C) groups is 1. The molecule has 126 valence electrons. The molecule has 7 heteroatoms. The standard InChI is InChI=1S/C16H23N3O3S/c1-10(2)9-13(16(20)17-11(3)4)18-15-12-7-5-6-8-14(12)23(21,22)19-15/h5-8,10-11,13H,9H2,1-4H3,(H,17,20)(H,18,19)/t13-/m1/s1. The summed E-state index contributed by atoms with van der Waals surface area (Å²) in [6.45, 7) is 7.77. The van der Waals surface area contributed by atoms with Crippen molar-refractivity contribution in [1.82, 2.24) is 10.0 Å². The quantitative estimate of drug-likeness (QED) is 0.856. The third kappa shape index (κ3) is 4.10. The molecule has 0 aromatic heterocycles. The molecule has 1 aliphatic rings. The Morgan fingerprint density at radius 2 is 1.87 bits per heavy atom. The summed E-state index contributed by atoms with van der Waals surface area (Å²) in [4.78, 5) is 17.0. The van der Waals surface area contributed by atoms with E-state index in [-0.39, 0.29) is 28.6 Å². The highest BCUT2D eigenvalue weighted by Gasteiger charge is 2.32. The molecular formula is C16H23N3O3S. The average Bonchev–Trinajstić information content (AvgIpc) is 2.69. The lowest BCUT2D eigenvalue weighted by molar-refractivity contribution is -0.123. The van der Waals surface area contributed by atoms with Gasteiger partial charge in [-0.25, -0.2) is 8.42 Å². The first-order valence-electron chi connectivity index (χ1n) is 7.71. The Balaban J connectivity index is 2.38. The molecule has 1 amide bonds. The number of sulfonamides is 1. The van der Waals surface area contributed by atoms with Crippen LogP contribution in [-0.2, 0) is 14.8 Å². The van der Waals surface area contributed by atoms with Crippen LogP contribution in [0.15, 0.2) is 34.2 Å². The number of amidine groups is 1. The van der Waals surface area contributed by atoms with Crippen LogP contribution in [0.5, 0.6) is 0 Å². The van der Waals surface area contributed by atoms with Crippen molar-refractivity contribution in [3.63, 3.8) is 0 Å². The lowest BCUT2D eigenvalue weighted by Crippen LogP contribution is -2.39. The van der Waals surface area contributed by atoms with E-state index in [9.17, 15) is 13.2 Å². The molecule has 1 aliphatic heterocycles. The fourth-order valence-electron chi connectivity index (χ4n) is 2.43. The van der Waals surface area contributed by atoms with Gasteiger partial charge >= 0.3 is 0 Å². The van der Waals surface area contributed by atoms with Gasteiger partial charge in [0.15, 0.2) is 0 Å². The zero-order valence-electron chi connectivity index (χ0n) is 13.8. The molecule has 0 radical (unpaired) electrons. The van der Waals surface area contributed by atoms with E-state index in [4.69, 9.17) is 0 Å². The Morgan fingerprint density at radius 1 is 1.22 bits per heavy atom. The van der Waals surface area contributed by atoms with Crippen LogP contribution in [0, 0.1) is 5.92 Å². The molecule has 0 saturated heterocycles. The minimum Gasteiger partial charge on any atom is -0.352 e. The van der Waals surface area contributed by atoms with Gasteiger partial charge < -0.3 is 5.32 Å². The van der Waals surface area contributed by atoms with Gasteiger partial charge in [0.1, 0.15) is 11.9 Å². The number of fused-ring (bicyclic) bond motifs is 1. The van der Waals surface area contributed by atoms with Gasteiger partial charge in [0.05, 0.1) is 4.90 Å². The first-order chi connectivity index (χ1) is 10.7. The number of benzene rings is 1. The molecule has 1 heterocycles. The molecule has 1 aromatic carbocycles. The zero-order valence-corrected chi connectivity index (χ0v) is 14.6. The summed E-state index contributed by atoms with van der Waals surface area (Å²) in [6, 6.07) is 6.02. The number of hydrogen-bond acceptors (Lipinski definition) is 4. The van der Waals surface area contributed by atoms with E-state index in [1.54, 1.807) is 18.2 Å². The number of nitrogens with one attached hydrogen (secondary N) is 2. The Kier molecular flexibility index (Phi) is 5.09. The van der Waals surface area contributed by atoms with Crippen molar-refractivity contribution < 1.29 is 13.2 Å². The van der Waals surface area contributed by atoms with E-state index in [0.717, 1.165) is 0 Å². The molecule has 0 unspecified atom stereocenters. The predicted molar refractivity (Wildman–Crippen MR) is 89.8 cm³/mol. The van der Waals surface area contributed by atoms with Crippen LogP contribution in [0.2, 0.25) is 0 Å². The number of nitrogens with zero attached hydrogens (tertiary/aromatic N) is 1. The SMILES string of the molecule is CC(C)C[C@@H](N=C1NS(=O)(=O)c2ccccc21)C(=O)NC(C)C. The second-order valence-electron chi connectivity index (χ2n) is 6.39. The molecule has 6 nitrogen and oxygen atoms in total. The first-order valence-corrected chi connectivity index (χ1v) is 9.19. The Bertz CT molecular complexity index is 724. The second kappa shape index (κ2) is 6.70. The highest BCUT2D eigenvalue weighted by molar-refractivity contribution is 7.90. The number of hydrogen-bond donors (Lipinski definition) is 2. The summed E-state index contributed by atoms with van der Waals surface area (Å²) in [5, 5.41) is 2.84. The number of carbonyl (C=O) groups excluding carboxylic acids is 1. The number of carbonyl (C=O) groups is 1. The van der Waals surface area contributed by atoms with Gasteiger partial charge in [-0.3, -0.25) is 14.5 Å². The lowest BCUT2D eigenvalue weighted by atomic mass is 10.0. The molecule has 2 N–H and O–H groups in total. The van der Waals surface area contributed by atoms with Crippen molar-refractivity contribution in [2.24, 2.45) is 10.9 Å². The highest BCUT2D eigenvalue weighted by Crippen LogP contribution is 2.23. The fourth-order valence-corrected chi connectivity index (χ4v) is 3.67. The molecule has 0 saturated carbocycles. The Morgan fingerprint density at radius 3 is 2.48 bits per heavy atom. The normalized spacial score (nSPS) is 18.8. The summed E-state index contributed by atoms with van der Waals surface area (Å²) in [5.41, 5.74) is 0.513. The molecule has 1 aromatic rings. The monoisotopic (exact) mass is 337 g/mol. The van der Waals surface area contributed by atoms with E-state index in [1.165, 1.54) is 6.07 Å². The summed E-state index contributed by atoms with van der Waals surface area (Å²) >= 11 is 0. The molecular weight excluding hydrogens is 314 g/mol. The summed E-state index contributed by atoms with van der Waals surface area (Å²) in [7, 11) is -3.59. The van der Waals surface area contributed by atoms with Crippen molar-refractivity contribution in [3.8, 4) is 0 Å². The van der Waals surface area contributed by atoms with E-state index in [1.807, 2.05) is 27.7 Å². The molecule has 0 spiro atoms. The Labute approximate surface area is 137 Å². The van der Waals surface area contributed by atoms with Gasteiger partial charge in [-0.2, -0.15) is 0 Å². The van der Waals surface area contributed by atoms with Crippen LogP contribution >= 0.6 is 0 Å². The first kappa shape index (κ1) is 17.5. The van der Waals surface area contributed by atoms with Crippen molar-refractivity contribution in [1.29, 1.82) is 0 Å². The van der Waals surface area contributed by atoms with E-state index in [2.05, 4.69) is 15.0 Å². The number of rotatable bonds is 5. The maximum Gasteiger partial charge on any atom is 0.263 e. The molecule has 1 atom stereocenters. The lowest BCUT2D eigenvalue weighted by Gasteiger charge is -2.17. The Hall–Kier alpha value is -1.89. The van der Waals surface area contributed by atoms with E-state index >= 15 is 0 Å². The molecule has 23 heavy (non-hydrogen) atoms. The van der Waals surface area contributed by atoms with Crippen molar-refractivity contribution in [3.05, 3.63) is 29.8 Å². The van der Waals surface area contributed by atoms with Crippen LogP contribution in [0.3, 0.4) is 0 Å². The summed E-state index contributed by atoms with van der Waals surface area (Å²) in [6.07, 6.45) is 0.548. The zero-order chi connectivity index (χ0) is 17.2. The van der Waals surface area contributed by atoms with Crippen molar-refractivity contribution >= 4 is 21.8 Å². The maximum atomic E-state index is 12.4. The van der Waals surface area contributed by atoms with E-state index < -0.39 is 16.1 Å². The van der Waals surface area contributed by atoms with Crippen LogP contribution in [0.25, 0.3) is 0 Å². The molecule has 0 fully saturated rings. The minimum absolute atomic E-state index is 0.00455. The predicted octanol–water partition coefficient (Wildman–Crippen LogP) is 1.66. The molecule has 0 aliphatic carbocycles. The minimum atomic E-state index is -3.59. The topological polar surface area (TPSA) is 87.6 Å². The second-order valence-corrected chi connectivity index (χ2v) is 8.04. The van der Waals surface area contributed by atoms with Gasteiger partial charge in [-0.15, -0.1) is 0 Å². The van der Waals surface area contributed by atoms with Gasteiger partial charge in [0.2, 0.25) is 5.91 Å². The third-order valence-electron chi connectivity index (χ3n) is 3.38. The van der Waals surface area contributed by atoms with Crippen molar-refractivity contribution in [2.45, 2.75) is 51.1 Å². The third-order valence-corrected chi connectivity index (χ3v) is 4.77. The fraction of sp³-hybridized carbons (Fsp3) is 0.500. The van der Waals surface area contributed by atoms with E-state index in [0.29, 0.717) is 12.0 Å². The number of amides is 1. The van der Waals surface area contributed by atoms with Crippen LogP contribution < -0.4 is 10.0 Å². The highest BCUT2D eigenvalue weighted by atomic mass is 32.2. The summed E-state index contributed by atoms with van der Waals surface area (Å²) in [5.74, 6) is 0.311.